The lowest BCUT2D eigenvalue weighted by molar-refractivity contribution is -0.144. The van der Waals surface area contributed by atoms with Crippen molar-refractivity contribution in [1.82, 2.24) is 10.3 Å². The Morgan fingerprint density at radius 2 is 2.04 bits per heavy atom. The Kier molecular flexibility index (Phi) is 5.33. The van der Waals surface area contributed by atoms with Gasteiger partial charge in [0.15, 0.2) is 0 Å². The number of thiocarbonyl (C=S) groups is 1. The van der Waals surface area contributed by atoms with E-state index in [4.69, 9.17) is 18.0 Å². The van der Waals surface area contributed by atoms with Gasteiger partial charge in [0.2, 0.25) is 5.91 Å². The second-order valence-electron chi connectivity index (χ2n) is 5.40. The Bertz CT molecular complexity index is 741. The lowest BCUT2D eigenvalue weighted by Crippen LogP contribution is -2.38. The lowest BCUT2D eigenvalue weighted by atomic mass is 9.84. The van der Waals surface area contributed by atoms with Crippen molar-refractivity contribution in [2.45, 2.75) is 12.8 Å². The van der Waals surface area contributed by atoms with Crippen LogP contribution in [0.1, 0.15) is 12.0 Å². The number of aromatic nitrogens is 1. The summed E-state index contributed by atoms with van der Waals surface area (Å²) in [6.45, 7) is 0. The van der Waals surface area contributed by atoms with Crippen LogP contribution >= 0.6 is 12.2 Å². The number of nitrogens with two attached hydrogens (primary N) is 1. The molecule has 2 unspecified atom stereocenters. The quantitative estimate of drug-likeness (QED) is 0.574. The Morgan fingerprint density at radius 1 is 1.35 bits per heavy atom. The summed E-state index contributed by atoms with van der Waals surface area (Å²) >= 11 is 5.28. The number of carbonyl (C=O) groups excluding carboxylic acids is 1. The molecule has 1 heterocycles. The maximum atomic E-state index is 11.6. The number of para-hydroxylation sites is 1. The van der Waals surface area contributed by atoms with Gasteiger partial charge in [-0.3, -0.25) is 9.59 Å². The molecule has 0 bridgehead atoms. The number of carboxylic acid groups (broad SMARTS) is 1. The first kappa shape index (κ1) is 17.0. The summed E-state index contributed by atoms with van der Waals surface area (Å²) in [5.74, 6) is -3.20. The molecule has 0 saturated carbocycles. The molecule has 122 valence electrons. The smallest absolute Gasteiger partial charge is 0.307 e. The number of nitrogens with one attached hydrogen (secondary N) is 2. The molecule has 2 aromatic rings. The largest absolute Gasteiger partial charge is 0.481 e. The van der Waals surface area contributed by atoms with Gasteiger partial charge in [0.1, 0.15) is 0 Å². The van der Waals surface area contributed by atoms with Gasteiger partial charge < -0.3 is 21.1 Å². The van der Waals surface area contributed by atoms with E-state index in [1.54, 1.807) is 7.05 Å². The molecule has 0 spiro atoms. The number of rotatable bonds is 7. The van der Waals surface area contributed by atoms with Gasteiger partial charge in [0.25, 0.3) is 0 Å². The second-order valence-corrected chi connectivity index (χ2v) is 5.84. The zero-order valence-electron chi connectivity index (χ0n) is 12.7. The average molecular weight is 333 g/mol. The first-order valence-corrected chi connectivity index (χ1v) is 7.62. The third-order valence-corrected chi connectivity index (χ3v) is 4.43. The molecule has 2 rings (SSSR count). The van der Waals surface area contributed by atoms with Crippen molar-refractivity contribution in [3.05, 3.63) is 36.0 Å². The number of aromatic amines is 1. The minimum Gasteiger partial charge on any atom is -0.481 e. The molecular formula is C16H19N3O3S. The highest BCUT2D eigenvalue weighted by Gasteiger charge is 2.33. The van der Waals surface area contributed by atoms with Crippen molar-refractivity contribution in [3.8, 4) is 0 Å². The fourth-order valence-corrected chi connectivity index (χ4v) is 3.01. The van der Waals surface area contributed by atoms with Crippen LogP contribution in [0.3, 0.4) is 0 Å². The molecule has 0 fully saturated rings. The molecule has 0 aliphatic carbocycles. The van der Waals surface area contributed by atoms with Crippen LogP contribution < -0.4 is 11.1 Å². The summed E-state index contributed by atoms with van der Waals surface area (Å²) in [7, 11) is 1.65. The van der Waals surface area contributed by atoms with Gasteiger partial charge in [-0.15, -0.1) is 0 Å². The topological polar surface area (TPSA) is 108 Å². The molecule has 1 aromatic carbocycles. The fraction of sp³-hybridized carbons (Fsp3) is 0.312. The number of primary amides is 1. The summed E-state index contributed by atoms with van der Waals surface area (Å²) in [5.41, 5.74) is 7.13. The minimum absolute atomic E-state index is 0.246. The number of fused-ring (bicyclic) bond motifs is 1. The van der Waals surface area contributed by atoms with Gasteiger partial charge in [-0.25, -0.2) is 0 Å². The van der Waals surface area contributed by atoms with E-state index in [2.05, 4.69) is 10.3 Å². The number of H-pyrrole nitrogens is 1. The van der Waals surface area contributed by atoms with Crippen LogP contribution in [0.5, 0.6) is 0 Å². The van der Waals surface area contributed by atoms with Crippen molar-refractivity contribution in [1.29, 1.82) is 0 Å². The lowest BCUT2D eigenvalue weighted by Gasteiger charge is -2.23. The zero-order valence-corrected chi connectivity index (χ0v) is 13.5. The minimum atomic E-state index is -1.08. The molecule has 1 amide bonds. The summed E-state index contributed by atoms with van der Waals surface area (Å²) in [6.07, 6.45) is 2.01. The zero-order chi connectivity index (χ0) is 17.0. The molecule has 6 nitrogen and oxygen atoms in total. The number of carbonyl (C=O) groups is 2. The Labute approximate surface area is 139 Å². The normalized spacial score (nSPS) is 13.4. The van der Waals surface area contributed by atoms with Crippen molar-refractivity contribution in [3.63, 3.8) is 0 Å². The van der Waals surface area contributed by atoms with Crippen LogP contribution in [0, 0.1) is 11.8 Å². The van der Waals surface area contributed by atoms with E-state index < -0.39 is 23.7 Å². The first-order valence-electron chi connectivity index (χ1n) is 7.21. The van der Waals surface area contributed by atoms with E-state index in [0.717, 1.165) is 16.5 Å². The number of hydrogen-bond acceptors (Lipinski definition) is 3. The van der Waals surface area contributed by atoms with Gasteiger partial charge in [0, 0.05) is 36.5 Å². The third-order valence-electron chi connectivity index (χ3n) is 3.92. The summed E-state index contributed by atoms with van der Waals surface area (Å²) in [4.78, 5) is 26.4. The molecule has 5 N–H and O–H groups in total. The van der Waals surface area contributed by atoms with Crippen molar-refractivity contribution in [2.75, 3.05) is 7.05 Å². The monoisotopic (exact) mass is 333 g/mol. The first-order chi connectivity index (χ1) is 10.9. The van der Waals surface area contributed by atoms with Gasteiger partial charge in [0.05, 0.1) is 10.9 Å². The highest BCUT2D eigenvalue weighted by atomic mass is 32.1. The predicted octanol–water partition coefficient (Wildman–Crippen LogP) is 1.45. The summed E-state index contributed by atoms with van der Waals surface area (Å²) in [6, 6.07) is 7.75. The summed E-state index contributed by atoms with van der Waals surface area (Å²) < 4.78 is 0. The molecule has 1 aromatic heterocycles. The standard InChI is InChI=1S/C16H19N3O3S/c1-18-15(23)11(12(16(21)22)7-14(17)20)6-9-8-19-13-5-3-2-4-10(9)13/h2-5,8,11-12,19H,6-7H2,1H3,(H2,17,20)(H,18,23)(H,21,22). The number of amides is 1. The summed E-state index contributed by atoms with van der Waals surface area (Å²) in [5, 5.41) is 13.3. The van der Waals surface area contributed by atoms with Crippen molar-refractivity contribution < 1.29 is 14.7 Å². The van der Waals surface area contributed by atoms with Crippen LogP contribution in [-0.2, 0) is 16.0 Å². The molecular weight excluding hydrogens is 314 g/mol. The predicted molar refractivity (Wildman–Crippen MR) is 92.1 cm³/mol. The van der Waals surface area contributed by atoms with Crippen molar-refractivity contribution >= 4 is 40.0 Å². The molecule has 0 aliphatic heterocycles. The molecule has 23 heavy (non-hydrogen) atoms. The number of hydrogen-bond donors (Lipinski definition) is 4. The average Bonchev–Trinajstić information content (AvgIpc) is 2.92. The van der Waals surface area contributed by atoms with Crippen LogP contribution in [0.25, 0.3) is 10.9 Å². The molecule has 0 radical (unpaired) electrons. The maximum absolute atomic E-state index is 11.6. The van der Waals surface area contributed by atoms with Crippen LogP contribution in [-0.4, -0.2) is 34.0 Å². The van der Waals surface area contributed by atoms with E-state index in [1.165, 1.54) is 0 Å². The molecule has 0 aliphatic rings. The number of aliphatic carboxylic acids is 1. The molecule has 7 heteroatoms. The highest BCUT2D eigenvalue weighted by molar-refractivity contribution is 7.80. The Balaban J connectivity index is 2.36. The van der Waals surface area contributed by atoms with Crippen molar-refractivity contribution in [2.24, 2.45) is 17.6 Å². The maximum Gasteiger partial charge on any atom is 0.307 e. The van der Waals surface area contributed by atoms with Gasteiger partial charge >= 0.3 is 5.97 Å². The van der Waals surface area contributed by atoms with Gasteiger partial charge in [-0.1, -0.05) is 30.4 Å². The van der Waals surface area contributed by atoms with Crippen LogP contribution in [0.2, 0.25) is 0 Å². The number of benzene rings is 1. The number of carboxylic acids is 1. The molecule has 0 saturated heterocycles. The fourth-order valence-electron chi connectivity index (χ4n) is 2.76. The van der Waals surface area contributed by atoms with Gasteiger partial charge in [-0.2, -0.15) is 0 Å². The van der Waals surface area contributed by atoms with Crippen LogP contribution in [0.4, 0.5) is 0 Å². The highest BCUT2D eigenvalue weighted by Crippen LogP contribution is 2.26. The van der Waals surface area contributed by atoms with E-state index >= 15 is 0 Å². The second kappa shape index (κ2) is 7.23. The van der Waals surface area contributed by atoms with E-state index in [9.17, 15) is 14.7 Å². The van der Waals surface area contributed by atoms with E-state index in [-0.39, 0.29) is 6.42 Å². The Hall–Kier alpha value is -2.41. The van der Waals surface area contributed by atoms with E-state index in [0.29, 0.717) is 11.4 Å². The third kappa shape index (κ3) is 3.87. The SMILES string of the molecule is CNC(=S)C(Cc1c[nH]c2ccccc12)C(CC(N)=O)C(=O)O. The molecule has 2 atom stereocenters. The van der Waals surface area contributed by atoms with E-state index in [1.807, 2.05) is 30.5 Å². The van der Waals surface area contributed by atoms with Gasteiger partial charge in [-0.05, 0) is 18.1 Å². The van der Waals surface area contributed by atoms with Crippen LogP contribution in [0.15, 0.2) is 30.5 Å². The Morgan fingerprint density at radius 3 is 2.65 bits per heavy atom.